The van der Waals surface area contributed by atoms with Crippen molar-refractivity contribution in [3.05, 3.63) is 46.8 Å². The van der Waals surface area contributed by atoms with E-state index in [1.165, 1.54) is 17.1 Å². The van der Waals surface area contributed by atoms with Crippen LogP contribution in [0.15, 0.2) is 36.7 Å². The number of hydrogen-bond acceptors (Lipinski definition) is 4. The summed E-state index contributed by atoms with van der Waals surface area (Å²) in [4.78, 5) is 10.1. The normalized spacial score (nSPS) is 12.1. The van der Waals surface area contributed by atoms with Gasteiger partial charge >= 0.3 is 5.69 Å². The molecule has 0 fully saturated rings. The lowest BCUT2D eigenvalue weighted by atomic mass is 10.3. The fourth-order valence-electron chi connectivity index (χ4n) is 1.54. The average Bonchev–Trinajstić information content (AvgIpc) is 2.89. The summed E-state index contributed by atoms with van der Waals surface area (Å²) in [6.07, 6.45) is 3.71. The monoisotopic (exact) mass is 261 g/mol. The minimum Gasteiger partial charge on any atom is -0.491 e. The molecule has 19 heavy (non-hydrogen) atoms. The van der Waals surface area contributed by atoms with Crippen LogP contribution in [0.5, 0.6) is 5.75 Å². The molecule has 0 aliphatic heterocycles. The van der Waals surface area contributed by atoms with Crippen LogP contribution in [0.1, 0.15) is 20.3 Å². The third-order valence-corrected chi connectivity index (χ3v) is 2.79. The first-order chi connectivity index (χ1) is 9.10. The molecular weight excluding hydrogens is 246 g/mol. The summed E-state index contributed by atoms with van der Waals surface area (Å²) in [5.74, 6) is 0.778. The van der Waals surface area contributed by atoms with E-state index in [0.29, 0.717) is 0 Å². The number of aromatic nitrogens is 2. The second-order valence-electron chi connectivity index (χ2n) is 4.23. The van der Waals surface area contributed by atoms with E-state index in [2.05, 4.69) is 12.0 Å². The summed E-state index contributed by atoms with van der Waals surface area (Å²) < 4.78 is 7.12. The van der Waals surface area contributed by atoms with Crippen LogP contribution >= 0.6 is 0 Å². The molecule has 1 unspecified atom stereocenters. The maximum atomic E-state index is 10.6. The van der Waals surface area contributed by atoms with Gasteiger partial charge in [-0.3, -0.25) is 10.1 Å². The topological polar surface area (TPSA) is 70.2 Å². The largest absolute Gasteiger partial charge is 0.491 e. The number of rotatable bonds is 5. The zero-order chi connectivity index (χ0) is 13.8. The fourth-order valence-corrected chi connectivity index (χ4v) is 1.54. The van der Waals surface area contributed by atoms with Crippen LogP contribution in [-0.4, -0.2) is 20.8 Å². The maximum absolute atomic E-state index is 10.6. The van der Waals surface area contributed by atoms with E-state index in [0.717, 1.165) is 17.9 Å². The smallest absolute Gasteiger partial charge is 0.307 e. The SMILES string of the molecule is CCC(C)Oc1ccc(-n2cc([N+](=O)[O-])cn2)cc1. The van der Waals surface area contributed by atoms with Gasteiger partial charge in [-0.15, -0.1) is 0 Å². The van der Waals surface area contributed by atoms with Gasteiger partial charge in [0, 0.05) is 0 Å². The van der Waals surface area contributed by atoms with Crippen molar-refractivity contribution in [2.75, 3.05) is 0 Å². The van der Waals surface area contributed by atoms with E-state index < -0.39 is 4.92 Å². The highest BCUT2D eigenvalue weighted by atomic mass is 16.6. The second-order valence-corrected chi connectivity index (χ2v) is 4.23. The summed E-state index contributed by atoms with van der Waals surface area (Å²) >= 11 is 0. The second kappa shape index (κ2) is 5.51. The van der Waals surface area contributed by atoms with Crippen molar-refractivity contribution < 1.29 is 9.66 Å². The Labute approximate surface area is 110 Å². The van der Waals surface area contributed by atoms with Crippen molar-refractivity contribution >= 4 is 5.69 Å². The van der Waals surface area contributed by atoms with Crippen LogP contribution in [-0.2, 0) is 0 Å². The first-order valence-electron chi connectivity index (χ1n) is 6.06. The Morgan fingerprint density at radius 1 is 1.42 bits per heavy atom. The average molecular weight is 261 g/mol. The molecule has 0 aliphatic carbocycles. The van der Waals surface area contributed by atoms with Crippen molar-refractivity contribution in [2.45, 2.75) is 26.4 Å². The predicted octanol–water partition coefficient (Wildman–Crippen LogP) is 2.96. The van der Waals surface area contributed by atoms with Gasteiger partial charge in [0.2, 0.25) is 0 Å². The van der Waals surface area contributed by atoms with Crippen LogP contribution in [0.3, 0.4) is 0 Å². The van der Waals surface area contributed by atoms with E-state index >= 15 is 0 Å². The minimum atomic E-state index is -0.468. The van der Waals surface area contributed by atoms with Gasteiger partial charge in [0.1, 0.15) is 18.1 Å². The highest BCUT2D eigenvalue weighted by Crippen LogP contribution is 2.18. The van der Waals surface area contributed by atoms with Gasteiger partial charge in [0.05, 0.1) is 16.7 Å². The van der Waals surface area contributed by atoms with E-state index in [1.54, 1.807) is 0 Å². The van der Waals surface area contributed by atoms with Crippen LogP contribution in [0, 0.1) is 10.1 Å². The fraction of sp³-hybridized carbons (Fsp3) is 0.308. The Kier molecular flexibility index (Phi) is 3.79. The molecule has 100 valence electrons. The number of nitro groups is 1. The van der Waals surface area contributed by atoms with Crippen LogP contribution in [0.4, 0.5) is 5.69 Å². The summed E-state index contributed by atoms with van der Waals surface area (Å²) in [6, 6.07) is 7.28. The zero-order valence-electron chi connectivity index (χ0n) is 10.8. The summed E-state index contributed by atoms with van der Waals surface area (Å²) in [6.45, 7) is 4.06. The molecule has 6 heteroatoms. The minimum absolute atomic E-state index is 0.0278. The molecule has 2 rings (SSSR count). The van der Waals surface area contributed by atoms with Gasteiger partial charge in [-0.2, -0.15) is 5.10 Å². The molecule has 1 heterocycles. The van der Waals surface area contributed by atoms with Crippen molar-refractivity contribution in [1.29, 1.82) is 0 Å². The lowest BCUT2D eigenvalue weighted by Crippen LogP contribution is -2.09. The van der Waals surface area contributed by atoms with Gasteiger partial charge < -0.3 is 4.74 Å². The molecule has 0 spiro atoms. The summed E-state index contributed by atoms with van der Waals surface area (Å²) in [7, 11) is 0. The Morgan fingerprint density at radius 2 is 2.11 bits per heavy atom. The van der Waals surface area contributed by atoms with Gasteiger partial charge in [0.15, 0.2) is 0 Å². The van der Waals surface area contributed by atoms with Crippen molar-refractivity contribution in [1.82, 2.24) is 9.78 Å². The Bertz CT molecular complexity index is 563. The number of benzene rings is 1. The molecule has 0 saturated carbocycles. The highest BCUT2D eigenvalue weighted by molar-refractivity contribution is 5.38. The summed E-state index contributed by atoms with van der Waals surface area (Å²) in [5, 5.41) is 14.5. The molecule has 0 saturated heterocycles. The van der Waals surface area contributed by atoms with Crippen molar-refractivity contribution in [3.63, 3.8) is 0 Å². The Balaban J connectivity index is 2.15. The quantitative estimate of drug-likeness (QED) is 0.612. The number of ether oxygens (including phenoxy) is 1. The lowest BCUT2D eigenvalue weighted by Gasteiger charge is -2.12. The first kappa shape index (κ1) is 13.1. The number of nitrogens with zero attached hydrogens (tertiary/aromatic N) is 3. The van der Waals surface area contributed by atoms with Gasteiger partial charge in [0.25, 0.3) is 0 Å². The molecular formula is C13H15N3O3. The van der Waals surface area contributed by atoms with Gasteiger partial charge in [-0.25, -0.2) is 4.68 Å². The highest BCUT2D eigenvalue weighted by Gasteiger charge is 2.10. The third kappa shape index (κ3) is 3.09. The zero-order valence-corrected chi connectivity index (χ0v) is 10.8. The van der Waals surface area contributed by atoms with E-state index in [1.807, 2.05) is 31.2 Å². The molecule has 6 nitrogen and oxygen atoms in total. The lowest BCUT2D eigenvalue weighted by molar-refractivity contribution is -0.384. The summed E-state index contributed by atoms with van der Waals surface area (Å²) in [5.41, 5.74) is 0.726. The van der Waals surface area contributed by atoms with Crippen LogP contribution < -0.4 is 4.74 Å². The first-order valence-corrected chi connectivity index (χ1v) is 6.06. The van der Waals surface area contributed by atoms with E-state index in [9.17, 15) is 10.1 Å². The van der Waals surface area contributed by atoms with E-state index in [-0.39, 0.29) is 11.8 Å². The third-order valence-electron chi connectivity index (χ3n) is 2.79. The van der Waals surface area contributed by atoms with Crippen LogP contribution in [0.25, 0.3) is 5.69 Å². The van der Waals surface area contributed by atoms with Gasteiger partial charge in [-0.1, -0.05) is 6.92 Å². The Hall–Kier alpha value is -2.37. The molecule has 1 atom stereocenters. The van der Waals surface area contributed by atoms with Crippen molar-refractivity contribution in [3.8, 4) is 11.4 Å². The predicted molar refractivity (Wildman–Crippen MR) is 70.6 cm³/mol. The maximum Gasteiger partial charge on any atom is 0.307 e. The molecule has 0 aliphatic rings. The Morgan fingerprint density at radius 3 is 2.63 bits per heavy atom. The van der Waals surface area contributed by atoms with Crippen molar-refractivity contribution in [2.24, 2.45) is 0 Å². The molecule has 0 radical (unpaired) electrons. The molecule has 1 aromatic carbocycles. The molecule has 2 aromatic rings. The van der Waals surface area contributed by atoms with Gasteiger partial charge in [-0.05, 0) is 37.6 Å². The van der Waals surface area contributed by atoms with E-state index in [4.69, 9.17) is 4.74 Å². The molecule has 1 aromatic heterocycles. The number of hydrogen-bond donors (Lipinski definition) is 0. The standard InChI is InChI=1S/C13H15N3O3/c1-3-10(2)19-13-6-4-11(5-7-13)15-9-12(8-14-15)16(17)18/h4-10H,3H2,1-2H3. The molecule has 0 N–H and O–H groups in total. The molecule has 0 amide bonds. The molecule has 0 bridgehead atoms. The van der Waals surface area contributed by atoms with Crippen LogP contribution in [0.2, 0.25) is 0 Å².